The Labute approximate surface area is 253 Å². The fourth-order valence-electron chi connectivity index (χ4n) is 5.21. The highest BCUT2D eigenvalue weighted by Crippen LogP contribution is 2.16. The van der Waals surface area contributed by atoms with Crippen LogP contribution < -0.4 is 53.0 Å². The fraction of sp³-hybridized carbons (Fsp3) is 0.222. The molecule has 0 unspecified atom stereocenters. The van der Waals surface area contributed by atoms with E-state index in [1.54, 1.807) is 36.4 Å². The summed E-state index contributed by atoms with van der Waals surface area (Å²) in [4.78, 5) is 27.5. The van der Waals surface area contributed by atoms with Gasteiger partial charge in [0, 0.05) is 32.3 Å². The first-order valence-corrected chi connectivity index (χ1v) is 14.8. The van der Waals surface area contributed by atoms with Gasteiger partial charge in [-0.3, -0.25) is 20.4 Å². The Kier molecular flexibility index (Phi) is 8.90. The summed E-state index contributed by atoms with van der Waals surface area (Å²) in [6, 6.07) is 20.7. The molecule has 224 valence electrons. The van der Waals surface area contributed by atoms with Crippen LogP contribution in [0.3, 0.4) is 0 Å². The van der Waals surface area contributed by atoms with E-state index in [-0.39, 0.29) is 31.6 Å². The topological polar surface area (TPSA) is 152 Å². The molecule has 0 aromatic heterocycles. The Hall–Kier alpha value is -5.24. The SMILES string of the molecule is CCCCOc1ccc(/C(N)=c2\ccc3c(=O)c4c(=N)/c(=C(/N)c5ccc(OCCCC)cc5)ccc=4c(=O)c=3c2=N)cc1. The molecule has 3 aliphatic carbocycles. The fourth-order valence-corrected chi connectivity index (χ4v) is 5.21. The van der Waals surface area contributed by atoms with Gasteiger partial charge in [-0.25, -0.2) is 0 Å². The number of ether oxygens (including phenoxy) is 2. The van der Waals surface area contributed by atoms with E-state index in [4.69, 9.17) is 31.8 Å². The molecule has 0 radical (unpaired) electrons. The lowest BCUT2D eigenvalue weighted by Gasteiger charge is -2.08. The summed E-state index contributed by atoms with van der Waals surface area (Å²) < 4.78 is 11.4. The molecule has 8 nitrogen and oxygen atoms in total. The second kappa shape index (κ2) is 13.0. The molecule has 6 N–H and O–H groups in total. The summed E-state index contributed by atoms with van der Waals surface area (Å²) in [5.74, 6) is 1.45. The molecule has 0 fully saturated rings. The highest BCUT2D eigenvalue weighted by molar-refractivity contribution is 5.64. The Bertz CT molecular complexity index is 2130. The van der Waals surface area contributed by atoms with E-state index in [1.165, 1.54) is 12.1 Å². The Morgan fingerprint density at radius 1 is 0.591 bits per heavy atom. The predicted molar refractivity (Wildman–Crippen MR) is 170 cm³/mol. The highest BCUT2D eigenvalue weighted by Gasteiger charge is 2.12. The molecular weight excluding hydrogens is 552 g/mol. The van der Waals surface area contributed by atoms with Crippen LogP contribution in [0.2, 0.25) is 0 Å². The third kappa shape index (κ3) is 5.71. The first-order chi connectivity index (χ1) is 21.3. The summed E-state index contributed by atoms with van der Waals surface area (Å²) >= 11 is 0. The molecule has 0 atom stereocenters. The number of nitrogens with one attached hydrogen (secondary N) is 2. The van der Waals surface area contributed by atoms with Gasteiger partial charge < -0.3 is 20.9 Å². The zero-order chi connectivity index (χ0) is 31.4. The van der Waals surface area contributed by atoms with E-state index in [0.717, 1.165) is 37.2 Å². The highest BCUT2D eigenvalue weighted by atomic mass is 16.5. The number of unbranched alkanes of at least 4 members (excludes halogenated alkanes) is 2. The third-order valence-electron chi connectivity index (χ3n) is 7.80. The summed E-state index contributed by atoms with van der Waals surface area (Å²) in [7, 11) is 0. The minimum atomic E-state index is -0.499. The summed E-state index contributed by atoms with van der Waals surface area (Å²) in [5.41, 5.74) is 13.9. The lowest BCUT2D eigenvalue weighted by Crippen LogP contribution is -2.39. The van der Waals surface area contributed by atoms with Gasteiger partial charge in [0.05, 0.1) is 34.4 Å². The van der Waals surface area contributed by atoms with E-state index in [9.17, 15) is 9.59 Å². The van der Waals surface area contributed by atoms with E-state index < -0.39 is 10.9 Å². The van der Waals surface area contributed by atoms with Crippen LogP contribution in [-0.2, 0) is 0 Å². The van der Waals surface area contributed by atoms with Crippen molar-refractivity contribution in [1.29, 1.82) is 10.8 Å². The van der Waals surface area contributed by atoms with Crippen LogP contribution in [-0.4, -0.2) is 13.2 Å². The maximum atomic E-state index is 13.7. The van der Waals surface area contributed by atoms with Gasteiger partial charge in [-0.1, -0.05) is 26.7 Å². The molecule has 0 saturated carbocycles. The maximum absolute atomic E-state index is 13.7. The monoisotopic (exact) mass is 588 g/mol. The molecule has 0 saturated heterocycles. The minimum absolute atomic E-state index is 0.0229. The maximum Gasteiger partial charge on any atom is 0.196 e. The first-order valence-electron chi connectivity index (χ1n) is 14.8. The zero-order valence-corrected chi connectivity index (χ0v) is 25.0. The summed E-state index contributed by atoms with van der Waals surface area (Å²) in [6.45, 7) is 5.45. The number of nitrogens with two attached hydrogens (primary N) is 2. The van der Waals surface area contributed by atoms with Crippen LogP contribution in [0.25, 0.3) is 11.4 Å². The number of rotatable bonds is 10. The molecule has 5 rings (SSSR count). The van der Waals surface area contributed by atoms with E-state index >= 15 is 0 Å². The van der Waals surface area contributed by atoms with Crippen molar-refractivity contribution in [3.63, 3.8) is 0 Å². The summed E-state index contributed by atoms with van der Waals surface area (Å²) in [6.07, 6.45) is 3.99. The largest absolute Gasteiger partial charge is 0.494 e. The molecule has 8 heteroatoms. The van der Waals surface area contributed by atoms with Crippen LogP contribution in [0, 0.1) is 31.7 Å². The molecule has 44 heavy (non-hydrogen) atoms. The van der Waals surface area contributed by atoms with Gasteiger partial charge in [-0.2, -0.15) is 0 Å². The number of hydrogen-bond donors (Lipinski definition) is 4. The van der Waals surface area contributed by atoms with Crippen LogP contribution in [0.5, 0.6) is 11.5 Å². The molecule has 2 aromatic rings. The smallest absolute Gasteiger partial charge is 0.196 e. The van der Waals surface area contributed by atoms with Crippen LogP contribution in [0.4, 0.5) is 0 Å². The Morgan fingerprint density at radius 2 is 0.955 bits per heavy atom. The van der Waals surface area contributed by atoms with Gasteiger partial charge in [0.15, 0.2) is 10.9 Å². The first kappa shape index (κ1) is 30.2. The van der Waals surface area contributed by atoms with Crippen molar-refractivity contribution >= 4 is 11.4 Å². The Balaban J connectivity index is 1.64. The molecule has 0 spiro atoms. The molecule has 0 aliphatic heterocycles. The minimum Gasteiger partial charge on any atom is -0.494 e. The second-order valence-corrected chi connectivity index (χ2v) is 10.8. The van der Waals surface area contributed by atoms with Crippen molar-refractivity contribution in [3.8, 4) is 11.5 Å². The normalized spacial score (nSPS) is 12.8. The van der Waals surface area contributed by atoms with Gasteiger partial charge in [0.1, 0.15) is 11.5 Å². The summed E-state index contributed by atoms with van der Waals surface area (Å²) in [5, 5.41) is 18.3. The van der Waals surface area contributed by atoms with Crippen LogP contribution in [0.15, 0.2) is 82.4 Å². The van der Waals surface area contributed by atoms with Crippen molar-refractivity contribution in [2.45, 2.75) is 39.5 Å². The van der Waals surface area contributed by atoms with E-state index in [2.05, 4.69) is 13.8 Å². The van der Waals surface area contributed by atoms with Gasteiger partial charge in [0.25, 0.3) is 0 Å². The van der Waals surface area contributed by atoms with Gasteiger partial charge >= 0.3 is 0 Å². The van der Waals surface area contributed by atoms with Crippen molar-refractivity contribution in [1.82, 2.24) is 0 Å². The van der Waals surface area contributed by atoms with Crippen molar-refractivity contribution in [2.75, 3.05) is 13.2 Å². The predicted octanol–water partition coefficient (Wildman–Crippen LogP) is 2.28. The average Bonchev–Trinajstić information content (AvgIpc) is 3.03. The van der Waals surface area contributed by atoms with Crippen molar-refractivity contribution in [3.05, 3.63) is 146 Å². The lowest BCUT2D eigenvalue weighted by molar-refractivity contribution is 0.309. The molecule has 3 aliphatic rings. The van der Waals surface area contributed by atoms with Crippen LogP contribution >= 0.6 is 0 Å². The third-order valence-corrected chi connectivity index (χ3v) is 7.80. The molecule has 0 bridgehead atoms. The van der Waals surface area contributed by atoms with Crippen molar-refractivity contribution < 1.29 is 9.47 Å². The Morgan fingerprint density at radius 3 is 1.30 bits per heavy atom. The number of benzene rings is 2. The second-order valence-electron chi connectivity index (χ2n) is 10.8. The molecule has 0 amide bonds. The quantitative estimate of drug-likeness (QED) is 0.184. The van der Waals surface area contributed by atoms with Crippen molar-refractivity contribution in [2.24, 2.45) is 11.5 Å². The standard InChI is InChI=1S/C36H36N4O4/c1-3-5-19-43-23-11-7-21(8-12-23)31(37)27-17-15-25-29(33(27)39)35(41)26-16-18-28(34(40)30(26)36(25)42)32(38)22-9-13-24(14-10-22)44-20-6-4-2/h7-18,39-40H,3-6,19-20,37-38H2,1-2H3/b31-27-,32-28+,39-33?,40-34?. The average molecular weight is 589 g/mol. The zero-order valence-electron chi connectivity index (χ0n) is 25.0. The van der Waals surface area contributed by atoms with Gasteiger partial charge in [0.2, 0.25) is 0 Å². The molecule has 2 aromatic carbocycles. The lowest BCUT2D eigenvalue weighted by atomic mass is 10.0. The van der Waals surface area contributed by atoms with Gasteiger partial charge in [-0.15, -0.1) is 0 Å². The number of hydrogen-bond acceptors (Lipinski definition) is 8. The molecule has 0 heterocycles. The van der Waals surface area contributed by atoms with E-state index in [1.807, 2.05) is 24.3 Å². The van der Waals surface area contributed by atoms with Crippen LogP contribution in [0.1, 0.15) is 50.7 Å². The van der Waals surface area contributed by atoms with E-state index in [0.29, 0.717) is 46.2 Å². The van der Waals surface area contributed by atoms with Gasteiger partial charge in [-0.05, 0) is 96.8 Å². The molecular formula is C36H36N4O4.